The molecule has 4 aliphatic heterocycles. The SMILES string of the molecule is CNC[C@H]1CC[C@H](C)O[C@@H]1C.C[C@@H]1O[C@@H](C)CC[C@@H]1C.C[C@H]1CC[C@H](CN)[C@@H](C)O1.C[C@H]1CC[C@H](N)[C@@H](C)O1. The molecule has 4 rings (SSSR count). The van der Waals surface area contributed by atoms with Crippen molar-refractivity contribution < 1.29 is 18.9 Å². The fraction of sp³-hybridized carbons (Fsp3) is 1.00. The fourth-order valence-corrected chi connectivity index (χ4v) is 5.80. The van der Waals surface area contributed by atoms with Crippen molar-refractivity contribution in [2.24, 2.45) is 29.2 Å². The van der Waals surface area contributed by atoms with Gasteiger partial charge in [0.25, 0.3) is 0 Å². The zero-order valence-electron chi connectivity index (χ0n) is 27.3. The number of hydrogen-bond donors (Lipinski definition) is 3. The topological polar surface area (TPSA) is 101 Å². The van der Waals surface area contributed by atoms with E-state index in [1.165, 1.54) is 38.5 Å². The van der Waals surface area contributed by atoms with Crippen molar-refractivity contribution in [3.8, 4) is 0 Å². The number of ether oxygens (including phenoxy) is 4. The summed E-state index contributed by atoms with van der Waals surface area (Å²) in [4.78, 5) is 0. The molecule has 0 aliphatic carbocycles. The standard InChI is InChI=1S/C9H19NO.C8H17NO.C8H16O.C7H15NO/c1-7-4-5-9(6-10-3)8(2)11-7;1-6-3-4-8(5-9)7(2)10-6;1-6-4-5-7(2)9-8(6)3;1-5-3-4-7(8)6(2)9-5/h7-10H,4-6H2,1-3H3;6-8H,3-5,9H2,1-2H3;6-8H,4-5H2,1-3H3;5-7H,3-4,8H2,1-2H3/t7-,8+,9+;6-,7+,8+;6-,7-,8-;5-,6+,7-/m0000/s1. The summed E-state index contributed by atoms with van der Waals surface area (Å²) in [5, 5.41) is 3.20. The van der Waals surface area contributed by atoms with E-state index in [0.29, 0.717) is 48.6 Å². The van der Waals surface area contributed by atoms with E-state index < -0.39 is 0 Å². The molecule has 7 nitrogen and oxygen atoms in total. The summed E-state index contributed by atoms with van der Waals surface area (Å²) in [5.74, 6) is 2.08. The van der Waals surface area contributed by atoms with Crippen LogP contribution in [0.25, 0.3) is 0 Å². The highest BCUT2D eigenvalue weighted by Crippen LogP contribution is 2.25. The molecule has 0 saturated carbocycles. The van der Waals surface area contributed by atoms with Crippen LogP contribution in [0.4, 0.5) is 0 Å². The van der Waals surface area contributed by atoms with E-state index in [9.17, 15) is 0 Å². The van der Waals surface area contributed by atoms with Crippen LogP contribution in [0.1, 0.15) is 114 Å². The van der Waals surface area contributed by atoms with Crippen molar-refractivity contribution in [1.29, 1.82) is 0 Å². The average Bonchev–Trinajstić information content (AvgIpc) is 2.87. The Morgan fingerprint density at radius 3 is 1.31 bits per heavy atom. The third-order valence-electron chi connectivity index (χ3n) is 9.11. The van der Waals surface area contributed by atoms with Crippen LogP contribution in [-0.4, -0.2) is 75.0 Å². The van der Waals surface area contributed by atoms with Gasteiger partial charge in [-0.2, -0.15) is 0 Å². The molecule has 0 amide bonds. The molecule has 5 N–H and O–H groups in total. The highest BCUT2D eigenvalue weighted by molar-refractivity contribution is 4.77. The minimum atomic E-state index is 0.258. The van der Waals surface area contributed by atoms with Crippen molar-refractivity contribution in [2.75, 3.05) is 20.1 Å². The molecule has 4 aliphatic rings. The molecule has 4 saturated heterocycles. The normalized spacial score (nSPS) is 42.5. The molecule has 234 valence electrons. The second-order valence-electron chi connectivity index (χ2n) is 12.9. The predicted molar refractivity (Wildman–Crippen MR) is 164 cm³/mol. The van der Waals surface area contributed by atoms with E-state index in [4.69, 9.17) is 30.4 Å². The molecule has 0 spiro atoms. The van der Waals surface area contributed by atoms with Gasteiger partial charge < -0.3 is 35.7 Å². The quantitative estimate of drug-likeness (QED) is 0.411. The Labute approximate surface area is 242 Å². The van der Waals surface area contributed by atoms with Crippen molar-refractivity contribution in [3.63, 3.8) is 0 Å². The van der Waals surface area contributed by atoms with Gasteiger partial charge in [-0.25, -0.2) is 0 Å². The Bertz CT molecular complexity index is 588. The highest BCUT2D eigenvalue weighted by Gasteiger charge is 2.26. The maximum atomic E-state index is 5.72. The van der Waals surface area contributed by atoms with Crippen molar-refractivity contribution in [3.05, 3.63) is 0 Å². The second kappa shape index (κ2) is 19.8. The van der Waals surface area contributed by atoms with Crippen LogP contribution in [0.15, 0.2) is 0 Å². The molecule has 0 radical (unpaired) electrons. The van der Waals surface area contributed by atoms with E-state index in [1.54, 1.807) is 0 Å². The first-order valence-corrected chi connectivity index (χ1v) is 16.1. The molecule has 4 fully saturated rings. The predicted octanol–water partition coefficient (Wildman–Crippen LogP) is 5.67. The van der Waals surface area contributed by atoms with Gasteiger partial charge in [0.15, 0.2) is 0 Å². The van der Waals surface area contributed by atoms with Crippen LogP contribution < -0.4 is 16.8 Å². The molecular weight excluding hydrogens is 490 g/mol. The molecule has 0 aromatic carbocycles. The van der Waals surface area contributed by atoms with Crippen molar-refractivity contribution >= 4 is 0 Å². The van der Waals surface area contributed by atoms with E-state index in [1.807, 2.05) is 14.0 Å². The van der Waals surface area contributed by atoms with Gasteiger partial charge in [-0.15, -0.1) is 0 Å². The van der Waals surface area contributed by atoms with E-state index in [-0.39, 0.29) is 12.1 Å². The zero-order valence-corrected chi connectivity index (χ0v) is 27.3. The van der Waals surface area contributed by atoms with Gasteiger partial charge in [0.05, 0.1) is 48.8 Å². The Balaban J connectivity index is 0.000000261. The summed E-state index contributed by atoms with van der Waals surface area (Å²) in [7, 11) is 2.00. The number of hydrogen-bond acceptors (Lipinski definition) is 7. The maximum Gasteiger partial charge on any atom is 0.0701 e. The van der Waals surface area contributed by atoms with Crippen LogP contribution in [0.3, 0.4) is 0 Å². The van der Waals surface area contributed by atoms with Gasteiger partial charge in [0, 0.05) is 12.6 Å². The summed E-state index contributed by atoms with van der Waals surface area (Å²) in [6, 6.07) is 0.265. The minimum Gasteiger partial charge on any atom is -0.375 e. The first-order chi connectivity index (χ1) is 18.4. The van der Waals surface area contributed by atoms with E-state index in [2.05, 4.69) is 60.7 Å². The molecule has 12 atom stereocenters. The first-order valence-electron chi connectivity index (χ1n) is 16.1. The first kappa shape index (κ1) is 36.7. The smallest absolute Gasteiger partial charge is 0.0701 e. The molecule has 4 heterocycles. The Hall–Kier alpha value is -0.280. The third kappa shape index (κ3) is 15.0. The van der Waals surface area contributed by atoms with Crippen LogP contribution in [0, 0.1) is 17.8 Å². The van der Waals surface area contributed by atoms with Crippen LogP contribution in [0.2, 0.25) is 0 Å². The monoisotopic (exact) mass is 558 g/mol. The molecule has 7 heteroatoms. The Kier molecular flexibility index (Phi) is 18.6. The highest BCUT2D eigenvalue weighted by atomic mass is 16.5. The maximum absolute atomic E-state index is 5.72. The van der Waals surface area contributed by atoms with Crippen LogP contribution in [-0.2, 0) is 18.9 Å². The number of rotatable bonds is 3. The lowest BCUT2D eigenvalue weighted by molar-refractivity contribution is -0.0634. The van der Waals surface area contributed by atoms with Gasteiger partial charge >= 0.3 is 0 Å². The Morgan fingerprint density at radius 1 is 0.538 bits per heavy atom. The van der Waals surface area contributed by atoms with E-state index in [0.717, 1.165) is 37.8 Å². The zero-order chi connectivity index (χ0) is 29.5. The summed E-state index contributed by atoms with van der Waals surface area (Å²) >= 11 is 0. The number of nitrogens with two attached hydrogens (primary N) is 2. The largest absolute Gasteiger partial charge is 0.375 e. The fourth-order valence-electron chi connectivity index (χ4n) is 5.80. The lowest BCUT2D eigenvalue weighted by Gasteiger charge is -2.32. The summed E-state index contributed by atoms with van der Waals surface area (Å²) < 4.78 is 22.4. The third-order valence-corrected chi connectivity index (χ3v) is 9.11. The molecule has 0 bridgehead atoms. The van der Waals surface area contributed by atoms with Gasteiger partial charge in [-0.05, 0) is 138 Å². The van der Waals surface area contributed by atoms with Gasteiger partial charge in [0.1, 0.15) is 0 Å². The molecule has 0 unspecified atom stereocenters. The summed E-state index contributed by atoms with van der Waals surface area (Å²) in [6.45, 7) is 21.2. The lowest BCUT2D eigenvalue weighted by Crippen LogP contribution is -2.41. The van der Waals surface area contributed by atoms with Gasteiger partial charge in [-0.3, -0.25) is 0 Å². The molecule has 0 aromatic heterocycles. The van der Waals surface area contributed by atoms with Crippen LogP contribution in [0.5, 0.6) is 0 Å². The molecule has 39 heavy (non-hydrogen) atoms. The molecular formula is C32H67N3O4. The lowest BCUT2D eigenvalue weighted by atomic mass is 9.93. The van der Waals surface area contributed by atoms with Gasteiger partial charge in [0.2, 0.25) is 0 Å². The van der Waals surface area contributed by atoms with Crippen molar-refractivity contribution in [2.45, 2.75) is 169 Å². The summed E-state index contributed by atoms with van der Waals surface area (Å²) in [6.07, 6.45) is 13.1. The number of nitrogens with one attached hydrogen (secondary N) is 1. The Morgan fingerprint density at radius 2 is 0.949 bits per heavy atom. The van der Waals surface area contributed by atoms with Crippen molar-refractivity contribution in [1.82, 2.24) is 5.32 Å². The van der Waals surface area contributed by atoms with Crippen LogP contribution >= 0.6 is 0 Å². The summed E-state index contributed by atoms with van der Waals surface area (Å²) in [5.41, 5.74) is 11.3. The second-order valence-corrected chi connectivity index (χ2v) is 12.9. The molecule has 0 aromatic rings. The van der Waals surface area contributed by atoms with E-state index >= 15 is 0 Å². The van der Waals surface area contributed by atoms with Gasteiger partial charge in [-0.1, -0.05) is 6.92 Å². The average molecular weight is 558 g/mol. The minimum absolute atomic E-state index is 0.258.